The second kappa shape index (κ2) is 8.20. The van der Waals surface area contributed by atoms with Crippen LogP contribution in [-0.2, 0) is 0 Å². The number of nitrogens with one attached hydrogen (secondary N) is 3. The van der Waals surface area contributed by atoms with Crippen molar-refractivity contribution in [2.75, 3.05) is 6.54 Å². The van der Waals surface area contributed by atoms with Crippen molar-refractivity contribution in [1.29, 1.82) is 0 Å². The van der Waals surface area contributed by atoms with Gasteiger partial charge in [0.25, 0.3) is 0 Å². The highest BCUT2D eigenvalue weighted by Gasteiger charge is 2.34. The van der Waals surface area contributed by atoms with Crippen molar-refractivity contribution in [3.63, 3.8) is 0 Å². The van der Waals surface area contributed by atoms with Gasteiger partial charge in [0.1, 0.15) is 11.6 Å². The summed E-state index contributed by atoms with van der Waals surface area (Å²) in [4.78, 5) is 24.7. The number of nitrogens with zero attached hydrogens (tertiary/aromatic N) is 4. The van der Waals surface area contributed by atoms with Crippen LogP contribution in [0.25, 0.3) is 17.0 Å². The second-order valence-electron chi connectivity index (χ2n) is 7.59. The molecule has 2 heterocycles. The number of carbonyl (C=O) groups is 1. The van der Waals surface area contributed by atoms with Crippen LogP contribution in [0.1, 0.15) is 50.2 Å². The van der Waals surface area contributed by atoms with Crippen molar-refractivity contribution < 1.29 is 9.90 Å². The summed E-state index contributed by atoms with van der Waals surface area (Å²) in [7, 11) is 0. The average Bonchev–Trinajstić information content (AvgIpc) is 3.31. The Morgan fingerprint density at radius 3 is 2.93 bits per heavy atom. The molecular formula is C20H27N7O2. The summed E-state index contributed by atoms with van der Waals surface area (Å²) in [6.45, 7) is 4.46. The molecule has 29 heavy (non-hydrogen) atoms. The molecule has 2 amide bonds. The maximum Gasteiger partial charge on any atom is 0.315 e. The first-order valence-corrected chi connectivity index (χ1v) is 10.2. The topological polar surface area (TPSA) is 121 Å². The van der Waals surface area contributed by atoms with E-state index in [9.17, 15) is 9.90 Å². The molecule has 0 bridgehead atoms. The highest BCUT2D eigenvalue weighted by Crippen LogP contribution is 2.33. The van der Waals surface area contributed by atoms with Crippen molar-refractivity contribution in [2.45, 2.75) is 57.6 Å². The van der Waals surface area contributed by atoms with Crippen LogP contribution >= 0.6 is 0 Å². The molecule has 0 aliphatic heterocycles. The number of imidazole rings is 1. The van der Waals surface area contributed by atoms with Gasteiger partial charge in [0.15, 0.2) is 0 Å². The highest BCUT2D eigenvalue weighted by molar-refractivity contribution is 5.76. The Kier molecular flexibility index (Phi) is 5.48. The van der Waals surface area contributed by atoms with Crippen molar-refractivity contribution in [3.05, 3.63) is 35.9 Å². The first kappa shape index (κ1) is 19.4. The maximum atomic E-state index is 12.1. The van der Waals surface area contributed by atoms with Crippen LogP contribution < -0.4 is 10.6 Å². The van der Waals surface area contributed by atoms with E-state index in [-0.39, 0.29) is 18.0 Å². The minimum absolute atomic E-state index is 0.0595. The van der Waals surface area contributed by atoms with Gasteiger partial charge in [-0.3, -0.25) is 0 Å². The molecule has 0 radical (unpaired) electrons. The summed E-state index contributed by atoms with van der Waals surface area (Å²) in [5, 5.41) is 20.6. The third-order valence-corrected chi connectivity index (χ3v) is 5.35. The minimum atomic E-state index is -0.567. The van der Waals surface area contributed by atoms with E-state index in [4.69, 9.17) is 0 Å². The van der Waals surface area contributed by atoms with E-state index in [1.165, 1.54) is 0 Å². The molecule has 4 N–H and O–H groups in total. The van der Waals surface area contributed by atoms with Gasteiger partial charge in [-0.1, -0.05) is 19.1 Å². The summed E-state index contributed by atoms with van der Waals surface area (Å²) in [5.41, 5.74) is 1.81. The van der Waals surface area contributed by atoms with E-state index in [0.717, 1.165) is 29.7 Å². The third-order valence-electron chi connectivity index (χ3n) is 5.35. The van der Waals surface area contributed by atoms with Crippen LogP contribution in [0, 0.1) is 6.92 Å². The van der Waals surface area contributed by atoms with Gasteiger partial charge in [0, 0.05) is 12.5 Å². The number of para-hydroxylation sites is 2. The third kappa shape index (κ3) is 4.09. The van der Waals surface area contributed by atoms with Crippen LogP contribution in [-0.4, -0.2) is 54.6 Å². The molecule has 0 saturated heterocycles. The molecule has 1 fully saturated rings. The molecule has 1 aromatic carbocycles. The molecule has 2 aromatic heterocycles. The number of H-pyrrole nitrogens is 1. The summed E-state index contributed by atoms with van der Waals surface area (Å²) < 4.78 is 1.76. The number of rotatable bonds is 5. The van der Waals surface area contributed by atoms with E-state index < -0.39 is 6.10 Å². The molecule has 4 rings (SSSR count). The van der Waals surface area contributed by atoms with Crippen LogP contribution in [0.4, 0.5) is 4.79 Å². The van der Waals surface area contributed by atoms with Crippen LogP contribution in [0.3, 0.4) is 0 Å². The SMILES string of the molecule is CCCNC(=O)N[C@@H]1C[C@@H](c2nc(C)nn2-c2nc3ccccc3[nH]2)CC[C@H]1O. The quantitative estimate of drug-likeness (QED) is 0.526. The maximum absolute atomic E-state index is 12.1. The van der Waals surface area contributed by atoms with E-state index in [2.05, 4.69) is 30.7 Å². The molecule has 1 aliphatic rings. The van der Waals surface area contributed by atoms with Crippen molar-refractivity contribution >= 4 is 17.1 Å². The van der Waals surface area contributed by atoms with E-state index in [1.807, 2.05) is 38.1 Å². The van der Waals surface area contributed by atoms with E-state index in [0.29, 0.717) is 31.2 Å². The lowest BCUT2D eigenvalue weighted by Crippen LogP contribution is -2.50. The molecule has 1 aliphatic carbocycles. The van der Waals surface area contributed by atoms with Gasteiger partial charge in [-0.05, 0) is 44.7 Å². The van der Waals surface area contributed by atoms with Gasteiger partial charge >= 0.3 is 6.03 Å². The molecule has 9 heteroatoms. The van der Waals surface area contributed by atoms with Gasteiger partial charge in [-0.2, -0.15) is 4.68 Å². The normalized spacial score (nSPS) is 22.0. The Labute approximate surface area is 168 Å². The summed E-state index contributed by atoms with van der Waals surface area (Å²) in [5.74, 6) is 2.15. The molecule has 9 nitrogen and oxygen atoms in total. The van der Waals surface area contributed by atoms with Crippen molar-refractivity contribution in [3.8, 4) is 5.95 Å². The lowest BCUT2D eigenvalue weighted by Gasteiger charge is -2.33. The fourth-order valence-electron chi connectivity index (χ4n) is 3.89. The number of aliphatic hydroxyl groups excluding tert-OH is 1. The average molecular weight is 397 g/mol. The Morgan fingerprint density at radius 2 is 2.14 bits per heavy atom. The van der Waals surface area contributed by atoms with E-state index in [1.54, 1.807) is 4.68 Å². The van der Waals surface area contributed by atoms with Gasteiger partial charge in [-0.15, -0.1) is 5.10 Å². The number of hydrogen-bond donors (Lipinski definition) is 4. The standard InChI is InChI=1S/C20H27N7O2/c1-3-10-21-20(29)25-16-11-13(8-9-17(16)28)18-22-12(2)26-27(18)19-23-14-6-4-5-7-15(14)24-19/h4-7,13,16-17,28H,3,8-11H2,1-2H3,(H,23,24)(H2,21,25,29)/t13-,16+,17+/m0/s1. The zero-order chi connectivity index (χ0) is 20.4. The van der Waals surface area contributed by atoms with Gasteiger partial charge < -0.3 is 20.7 Å². The molecule has 3 atom stereocenters. The zero-order valence-corrected chi connectivity index (χ0v) is 16.7. The number of amides is 2. The number of aromatic nitrogens is 5. The van der Waals surface area contributed by atoms with Gasteiger partial charge in [0.2, 0.25) is 5.95 Å². The van der Waals surface area contributed by atoms with Crippen molar-refractivity contribution in [1.82, 2.24) is 35.4 Å². The van der Waals surface area contributed by atoms with Crippen LogP contribution in [0.2, 0.25) is 0 Å². The number of fused-ring (bicyclic) bond motifs is 1. The summed E-state index contributed by atoms with van der Waals surface area (Å²) in [6.07, 6.45) is 2.26. The van der Waals surface area contributed by atoms with Gasteiger partial charge in [-0.25, -0.2) is 14.8 Å². The fraction of sp³-hybridized carbons (Fsp3) is 0.500. The predicted molar refractivity (Wildman–Crippen MR) is 109 cm³/mol. The minimum Gasteiger partial charge on any atom is -0.391 e. The lowest BCUT2D eigenvalue weighted by atomic mass is 9.83. The summed E-state index contributed by atoms with van der Waals surface area (Å²) >= 11 is 0. The van der Waals surface area contributed by atoms with Crippen LogP contribution in [0.15, 0.2) is 24.3 Å². The Morgan fingerprint density at radius 1 is 1.31 bits per heavy atom. The Balaban J connectivity index is 1.57. The molecule has 1 saturated carbocycles. The van der Waals surface area contributed by atoms with Crippen molar-refractivity contribution in [2.24, 2.45) is 0 Å². The highest BCUT2D eigenvalue weighted by atomic mass is 16.3. The zero-order valence-electron chi connectivity index (χ0n) is 16.7. The number of carbonyl (C=O) groups excluding carboxylic acids is 1. The van der Waals surface area contributed by atoms with Gasteiger partial charge in [0.05, 0.1) is 23.2 Å². The number of benzene rings is 1. The van der Waals surface area contributed by atoms with Crippen LogP contribution in [0.5, 0.6) is 0 Å². The Hall–Kier alpha value is -2.94. The fourth-order valence-corrected chi connectivity index (χ4v) is 3.89. The monoisotopic (exact) mass is 397 g/mol. The number of aromatic amines is 1. The smallest absolute Gasteiger partial charge is 0.315 e. The molecular weight excluding hydrogens is 370 g/mol. The largest absolute Gasteiger partial charge is 0.391 e. The number of hydrogen-bond acceptors (Lipinski definition) is 5. The number of aryl methyl sites for hydroxylation is 1. The number of aliphatic hydroxyl groups is 1. The molecule has 0 spiro atoms. The van der Waals surface area contributed by atoms with E-state index >= 15 is 0 Å². The first-order valence-electron chi connectivity index (χ1n) is 10.2. The lowest BCUT2D eigenvalue weighted by molar-refractivity contribution is 0.0853. The molecule has 154 valence electrons. The number of urea groups is 1. The second-order valence-corrected chi connectivity index (χ2v) is 7.59. The Bertz CT molecular complexity index is 963. The molecule has 3 aromatic rings. The predicted octanol–water partition coefficient (Wildman–Crippen LogP) is 2.16. The summed E-state index contributed by atoms with van der Waals surface area (Å²) in [6, 6.07) is 7.26. The molecule has 0 unspecified atom stereocenters. The first-order chi connectivity index (χ1) is 14.0.